The van der Waals surface area contributed by atoms with Crippen LogP contribution in [0, 0.1) is 5.41 Å². The summed E-state index contributed by atoms with van der Waals surface area (Å²) in [4.78, 5) is 11.5. The third kappa shape index (κ3) is 3.25. The molecule has 18 heavy (non-hydrogen) atoms. The summed E-state index contributed by atoms with van der Waals surface area (Å²) in [6.45, 7) is 2.92. The Kier molecular flexibility index (Phi) is 4.27. The maximum absolute atomic E-state index is 11.5. The molecular weight excluding hydrogens is 296 g/mol. The van der Waals surface area contributed by atoms with E-state index in [1.807, 2.05) is 12.1 Å². The van der Waals surface area contributed by atoms with E-state index in [1.54, 1.807) is 19.1 Å². The number of benzene rings is 1. The van der Waals surface area contributed by atoms with Crippen molar-refractivity contribution in [3.05, 3.63) is 29.8 Å². The fourth-order valence-electron chi connectivity index (χ4n) is 1.63. The van der Waals surface area contributed by atoms with Crippen LogP contribution in [0.1, 0.15) is 30.1 Å². The second-order valence-corrected chi connectivity index (χ2v) is 5.23. The smallest absolute Gasteiger partial charge is 0.338 e. The molecule has 1 fully saturated rings. The zero-order valence-corrected chi connectivity index (χ0v) is 12.0. The first-order valence-electron chi connectivity index (χ1n) is 6.15. The highest BCUT2D eigenvalue weighted by Crippen LogP contribution is 2.47. The van der Waals surface area contributed by atoms with E-state index in [2.05, 4.69) is 15.9 Å². The Morgan fingerprint density at radius 1 is 1.33 bits per heavy atom. The van der Waals surface area contributed by atoms with Crippen LogP contribution in [0.5, 0.6) is 5.75 Å². The first-order chi connectivity index (χ1) is 8.69. The van der Waals surface area contributed by atoms with Gasteiger partial charge in [0.2, 0.25) is 0 Å². The Morgan fingerprint density at radius 3 is 2.50 bits per heavy atom. The summed E-state index contributed by atoms with van der Waals surface area (Å²) in [7, 11) is 0. The van der Waals surface area contributed by atoms with E-state index in [0.29, 0.717) is 17.6 Å². The number of alkyl halides is 1. The van der Waals surface area contributed by atoms with Crippen LogP contribution < -0.4 is 4.74 Å². The normalized spacial score (nSPS) is 16.1. The molecule has 0 unspecified atom stereocenters. The second kappa shape index (κ2) is 5.74. The molecule has 0 aromatic heterocycles. The molecule has 0 N–H and O–H groups in total. The summed E-state index contributed by atoms with van der Waals surface area (Å²) in [5.41, 5.74) is 0.894. The molecule has 1 aromatic rings. The summed E-state index contributed by atoms with van der Waals surface area (Å²) < 4.78 is 10.7. The van der Waals surface area contributed by atoms with Crippen LogP contribution in [0.3, 0.4) is 0 Å². The topological polar surface area (TPSA) is 35.5 Å². The lowest BCUT2D eigenvalue weighted by molar-refractivity contribution is 0.0526. The quantitative estimate of drug-likeness (QED) is 0.596. The Hall–Kier alpha value is -1.03. The molecule has 0 aliphatic heterocycles. The van der Waals surface area contributed by atoms with Crippen molar-refractivity contribution in [2.75, 3.05) is 18.5 Å². The first-order valence-corrected chi connectivity index (χ1v) is 7.27. The molecule has 1 aliphatic carbocycles. The minimum Gasteiger partial charge on any atom is -0.493 e. The molecule has 0 amide bonds. The van der Waals surface area contributed by atoms with Crippen molar-refractivity contribution < 1.29 is 14.3 Å². The molecule has 0 spiro atoms. The van der Waals surface area contributed by atoms with E-state index in [4.69, 9.17) is 9.47 Å². The van der Waals surface area contributed by atoms with Crippen LogP contribution in [0.25, 0.3) is 0 Å². The van der Waals surface area contributed by atoms with Crippen molar-refractivity contribution in [2.45, 2.75) is 19.8 Å². The van der Waals surface area contributed by atoms with Gasteiger partial charge in [0.05, 0.1) is 18.8 Å². The average Bonchev–Trinajstić information content (AvgIpc) is 3.18. The monoisotopic (exact) mass is 312 g/mol. The molecule has 0 atom stereocenters. The highest BCUT2D eigenvalue weighted by molar-refractivity contribution is 9.09. The van der Waals surface area contributed by atoms with Crippen LogP contribution >= 0.6 is 15.9 Å². The van der Waals surface area contributed by atoms with Gasteiger partial charge in [0, 0.05) is 10.7 Å². The predicted molar refractivity (Wildman–Crippen MR) is 73.4 cm³/mol. The van der Waals surface area contributed by atoms with Crippen LogP contribution in [-0.2, 0) is 4.74 Å². The van der Waals surface area contributed by atoms with Crippen LogP contribution in [-0.4, -0.2) is 24.5 Å². The lowest BCUT2D eigenvalue weighted by atomic mass is 10.2. The zero-order chi connectivity index (χ0) is 13.0. The summed E-state index contributed by atoms with van der Waals surface area (Å²) in [5, 5.41) is 0.987. The van der Waals surface area contributed by atoms with Gasteiger partial charge >= 0.3 is 5.97 Å². The van der Waals surface area contributed by atoms with Gasteiger partial charge in [0.15, 0.2) is 0 Å². The third-order valence-corrected chi connectivity index (χ3v) is 4.34. The van der Waals surface area contributed by atoms with Gasteiger partial charge in [-0.05, 0) is 44.0 Å². The number of ether oxygens (including phenoxy) is 2. The van der Waals surface area contributed by atoms with Crippen LogP contribution in [0.2, 0.25) is 0 Å². The third-order valence-electron chi connectivity index (χ3n) is 3.15. The van der Waals surface area contributed by atoms with E-state index < -0.39 is 0 Å². The largest absolute Gasteiger partial charge is 0.493 e. The Morgan fingerprint density at radius 2 is 2.00 bits per heavy atom. The highest BCUT2D eigenvalue weighted by atomic mass is 79.9. The summed E-state index contributed by atoms with van der Waals surface area (Å²) >= 11 is 3.51. The molecule has 1 aliphatic rings. The second-order valence-electron chi connectivity index (χ2n) is 4.67. The molecular formula is C14H17BrO3. The number of hydrogen-bond acceptors (Lipinski definition) is 3. The number of carbonyl (C=O) groups is 1. The lowest BCUT2D eigenvalue weighted by Gasteiger charge is -2.13. The zero-order valence-electron chi connectivity index (χ0n) is 10.4. The number of carbonyl (C=O) groups excluding carboxylic acids is 1. The van der Waals surface area contributed by atoms with Gasteiger partial charge in [0.25, 0.3) is 0 Å². The standard InChI is InChI=1S/C14H17BrO3/c1-2-17-13(16)11-3-5-12(6-4-11)18-10-14(9-15)7-8-14/h3-6H,2,7-10H2,1H3. The highest BCUT2D eigenvalue weighted by Gasteiger charge is 2.42. The van der Waals surface area contributed by atoms with Gasteiger partial charge in [-0.15, -0.1) is 0 Å². The summed E-state index contributed by atoms with van der Waals surface area (Å²) in [6.07, 6.45) is 2.44. The van der Waals surface area contributed by atoms with Gasteiger partial charge in [-0.3, -0.25) is 0 Å². The van der Waals surface area contributed by atoms with Crippen molar-refractivity contribution >= 4 is 21.9 Å². The lowest BCUT2D eigenvalue weighted by Crippen LogP contribution is -2.14. The van der Waals surface area contributed by atoms with Crippen molar-refractivity contribution in [3.63, 3.8) is 0 Å². The molecule has 2 rings (SSSR count). The predicted octanol–water partition coefficient (Wildman–Crippen LogP) is 3.42. The number of hydrogen-bond donors (Lipinski definition) is 0. The van der Waals surface area contributed by atoms with E-state index >= 15 is 0 Å². The fourth-order valence-corrected chi connectivity index (χ4v) is 2.35. The molecule has 98 valence electrons. The SMILES string of the molecule is CCOC(=O)c1ccc(OCC2(CBr)CC2)cc1. The van der Waals surface area contributed by atoms with Gasteiger partial charge < -0.3 is 9.47 Å². The summed E-state index contributed by atoms with van der Waals surface area (Å²) in [5.74, 6) is 0.512. The fraction of sp³-hybridized carbons (Fsp3) is 0.500. The molecule has 0 radical (unpaired) electrons. The number of rotatable bonds is 6. The average molecular weight is 313 g/mol. The van der Waals surface area contributed by atoms with Crippen molar-refractivity contribution in [3.8, 4) is 5.75 Å². The van der Waals surface area contributed by atoms with E-state index in [-0.39, 0.29) is 5.97 Å². The Balaban J connectivity index is 1.89. The minimum atomic E-state index is -0.289. The van der Waals surface area contributed by atoms with E-state index in [9.17, 15) is 4.79 Å². The molecule has 0 heterocycles. The van der Waals surface area contributed by atoms with Gasteiger partial charge in [-0.2, -0.15) is 0 Å². The molecule has 1 aromatic carbocycles. The first kappa shape index (κ1) is 13.4. The number of esters is 1. The molecule has 0 bridgehead atoms. The summed E-state index contributed by atoms with van der Waals surface area (Å²) in [6, 6.07) is 7.11. The number of halogens is 1. The Bertz CT molecular complexity index is 410. The molecule has 3 nitrogen and oxygen atoms in total. The molecule has 4 heteroatoms. The van der Waals surface area contributed by atoms with Crippen molar-refractivity contribution in [2.24, 2.45) is 5.41 Å². The van der Waals surface area contributed by atoms with Crippen molar-refractivity contribution in [1.29, 1.82) is 0 Å². The van der Waals surface area contributed by atoms with E-state index in [1.165, 1.54) is 12.8 Å². The Labute approximate surface area is 116 Å². The molecule has 0 saturated heterocycles. The van der Waals surface area contributed by atoms with Gasteiger partial charge in [0.1, 0.15) is 5.75 Å². The van der Waals surface area contributed by atoms with Crippen LogP contribution in [0.4, 0.5) is 0 Å². The maximum atomic E-state index is 11.5. The van der Waals surface area contributed by atoms with Crippen LogP contribution in [0.15, 0.2) is 24.3 Å². The van der Waals surface area contributed by atoms with E-state index in [0.717, 1.165) is 17.7 Å². The van der Waals surface area contributed by atoms with Gasteiger partial charge in [-0.1, -0.05) is 15.9 Å². The minimum absolute atomic E-state index is 0.289. The van der Waals surface area contributed by atoms with Crippen molar-refractivity contribution in [1.82, 2.24) is 0 Å². The molecule has 1 saturated carbocycles. The van der Waals surface area contributed by atoms with Gasteiger partial charge in [-0.25, -0.2) is 4.79 Å². The maximum Gasteiger partial charge on any atom is 0.338 e.